The van der Waals surface area contributed by atoms with Crippen LogP contribution in [0.2, 0.25) is 0 Å². The highest BCUT2D eigenvalue weighted by molar-refractivity contribution is 5.89. The van der Waals surface area contributed by atoms with Gasteiger partial charge in [-0.25, -0.2) is 4.79 Å². The van der Waals surface area contributed by atoms with Crippen molar-refractivity contribution in [3.05, 3.63) is 0 Å². The van der Waals surface area contributed by atoms with Gasteiger partial charge in [-0.05, 0) is 13.3 Å². The Labute approximate surface area is 93.4 Å². The van der Waals surface area contributed by atoms with E-state index in [2.05, 4.69) is 10.6 Å². The van der Waals surface area contributed by atoms with E-state index >= 15 is 0 Å². The molecule has 0 aromatic rings. The Bertz CT molecular complexity index is 280. The van der Waals surface area contributed by atoms with E-state index in [1.54, 1.807) is 0 Å². The number of hydrogen-bond donors (Lipinski definition) is 4. The second kappa shape index (κ2) is 6.65. The van der Waals surface area contributed by atoms with Crippen molar-refractivity contribution in [1.29, 1.82) is 0 Å². The summed E-state index contributed by atoms with van der Waals surface area (Å²) < 4.78 is 0. The first-order valence-electron chi connectivity index (χ1n) is 4.97. The topological polar surface area (TPSA) is 122 Å². The molecule has 0 aliphatic rings. The molecule has 0 aromatic carbocycles. The molecule has 0 saturated carbocycles. The van der Waals surface area contributed by atoms with E-state index in [9.17, 15) is 14.4 Å². The first-order valence-corrected chi connectivity index (χ1v) is 4.97. The van der Waals surface area contributed by atoms with E-state index in [0.717, 1.165) is 0 Å². The van der Waals surface area contributed by atoms with Crippen LogP contribution in [0.5, 0.6) is 0 Å². The van der Waals surface area contributed by atoms with Gasteiger partial charge in [0.25, 0.3) is 0 Å². The van der Waals surface area contributed by atoms with Crippen LogP contribution in [-0.2, 0) is 9.59 Å². The molecule has 0 bridgehead atoms. The molecule has 2 atom stereocenters. The van der Waals surface area contributed by atoms with Crippen LogP contribution < -0.4 is 16.4 Å². The number of nitrogens with one attached hydrogen (secondary N) is 2. The lowest BCUT2D eigenvalue weighted by molar-refractivity contribution is -0.141. The van der Waals surface area contributed by atoms with Gasteiger partial charge in [-0.1, -0.05) is 13.3 Å². The molecule has 16 heavy (non-hydrogen) atoms. The van der Waals surface area contributed by atoms with E-state index in [0.29, 0.717) is 12.8 Å². The van der Waals surface area contributed by atoms with Crippen LogP contribution in [0.1, 0.15) is 26.7 Å². The maximum absolute atomic E-state index is 11.5. The number of nitrogens with two attached hydrogens (primary N) is 1. The molecule has 92 valence electrons. The second-order valence-electron chi connectivity index (χ2n) is 3.42. The molecule has 0 spiro atoms. The van der Waals surface area contributed by atoms with E-state index < -0.39 is 30.0 Å². The van der Waals surface area contributed by atoms with Gasteiger partial charge in [0, 0.05) is 0 Å². The Morgan fingerprint density at radius 3 is 2.25 bits per heavy atom. The summed E-state index contributed by atoms with van der Waals surface area (Å²) in [7, 11) is 0. The summed E-state index contributed by atoms with van der Waals surface area (Å²) in [6.07, 6.45) is 1.07. The van der Waals surface area contributed by atoms with Crippen LogP contribution in [0, 0.1) is 0 Å². The summed E-state index contributed by atoms with van der Waals surface area (Å²) in [4.78, 5) is 32.7. The molecule has 0 aliphatic carbocycles. The summed E-state index contributed by atoms with van der Waals surface area (Å²) in [5.41, 5.74) is 4.91. The number of primary amides is 1. The largest absolute Gasteiger partial charge is 0.480 e. The number of rotatable bonds is 6. The second-order valence-corrected chi connectivity index (χ2v) is 3.42. The Hall–Kier alpha value is -1.79. The zero-order valence-electron chi connectivity index (χ0n) is 9.32. The summed E-state index contributed by atoms with van der Waals surface area (Å²) in [5.74, 6) is -1.68. The Morgan fingerprint density at radius 1 is 1.31 bits per heavy atom. The fourth-order valence-corrected chi connectivity index (χ4v) is 1.10. The first-order chi connectivity index (χ1) is 7.38. The van der Waals surface area contributed by atoms with Gasteiger partial charge in [0.05, 0.1) is 0 Å². The molecule has 0 saturated heterocycles. The van der Waals surface area contributed by atoms with Crippen molar-refractivity contribution in [3.63, 3.8) is 0 Å². The molecule has 0 aliphatic heterocycles. The van der Waals surface area contributed by atoms with Crippen molar-refractivity contribution in [2.24, 2.45) is 5.73 Å². The van der Waals surface area contributed by atoms with Crippen molar-refractivity contribution in [2.45, 2.75) is 38.8 Å². The lowest BCUT2D eigenvalue weighted by atomic mass is 10.1. The number of urea groups is 1. The lowest BCUT2D eigenvalue weighted by Gasteiger charge is -2.18. The van der Waals surface area contributed by atoms with Crippen LogP contribution in [0.4, 0.5) is 4.79 Å². The van der Waals surface area contributed by atoms with Crippen LogP contribution in [-0.4, -0.2) is 35.1 Å². The van der Waals surface area contributed by atoms with Crippen molar-refractivity contribution in [3.8, 4) is 0 Å². The number of carbonyl (C=O) groups excluding carboxylic acids is 2. The van der Waals surface area contributed by atoms with Gasteiger partial charge in [-0.15, -0.1) is 0 Å². The minimum atomic E-state index is -1.14. The van der Waals surface area contributed by atoms with Crippen molar-refractivity contribution < 1.29 is 19.5 Å². The highest BCUT2D eigenvalue weighted by Gasteiger charge is 2.22. The fraction of sp³-hybridized carbons (Fsp3) is 0.667. The number of carboxylic acids is 1. The summed E-state index contributed by atoms with van der Waals surface area (Å²) in [6, 6.07) is -2.59. The van der Waals surface area contributed by atoms with Crippen LogP contribution in [0.3, 0.4) is 0 Å². The third-order valence-corrected chi connectivity index (χ3v) is 1.94. The molecular weight excluding hydrogens is 214 g/mol. The summed E-state index contributed by atoms with van der Waals surface area (Å²) in [5, 5.41) is 13.1. The monoisotopic (exact) mass is 231 g/mol. The van der Waals surface area contributed by atoms with Crippen molar-refractivity contribution in [2.75, 3.05) is 0 Å². The molecule has 0 fully saturated rings. The summed E-state index contributed by atoms with van der Waals surface area (Å²) >= 11 is 0. The Balaban J connectivity index is 4.37. The minimum Gasteiger partial charge on any atom is -0.480 e. The van der Waals surface area contributed by atoms with Crippen molar-refractivity contribution >= 4 is 17.9 Å². The lowest BCUT2D eigenvalue weighted by Crippen LogP contribution is -2.51. The molecule has 7 nitrogen and oxygen atoms in total. The number of hydrogen-bond acceptors (Lipinski definition) is 3. The van der Waals surface area contributed by atoms with Gasteiger partial charge in [-0.3, -0.25) is 9.59 Å². The first kappa shape index (κ1) is 14.2. The van der Waals surface area contributed by atoms with Gasteiger partial charge >= 0.3 is 12.0 Å². The number of amides is 3. The average molecular weight is 231 g/mol. The van der Waals surface area contributed by atoms with E-state index in [1.807, 2.05) is 6.92 Å². The van der Waals surface area contributed by atoms with Gasteiger partial charge < -0.3 is 21.5 Å². The average Bonchev–Trinajstić information content (AvgIpc) is 2.16. The maximum atomic E-state index is 11.5. The maximum Gasteiger partial charge on any atom is 0.325 e. The van der Waals surface area contributed by atoms with E-state index in [4.69, 9.17) is 10.8 Å². The molecule has 7 heteroatoms. The summed E-state index contributed by atoms with van der Waals surface area (Å²) in [6.45, 7) is 3.18. The zero-order valence-corrected chi connectivity index (χ0v) is 9.32. The number of aliphatic carboxylic acids is 1. The molecule has 1 unspecified atom stereocenters. The van der Waals surface area contributed by atoms with Crippen LogP contribution >= 0.6 is 0 Å². The number of carboxylic acid groups (broad SMARTS) is 1. The standard InChI is InChI=1S/C9H17N3O4/c1-3-4-6(12-9(10)16)7(13)11-5(2)8(14)15/h5-6H,3-4H2,1-2H3,(H,11,13)(H,14,15)(H3,10,12,16)/t5?,6-/m1/s1. The Morgan fingerprint density at radius 2 is 1.88 bits per heavy atom. The fourth-order valence-electron chi connectivity index (χ4n) is 1.10. The van der Waals surface area contributed by atoms with E-state index in [1.165, 1.54) is 6.92 Å². The van der Waals surface area contributed by atoms with Gasteiger partial charge in [-0.2, -0.15) is 0 Å². The van der Waals surface area contributed by atoms with Crippen molar-refractivity contribution in [1.82, 2.24) is 10.6 Å². The molecule has 3 amide bonds. The molecule has 5 N–H and O–H groups in total. The SMILES string of the molecule is CCC[C@@H](NC(N)=O)C(=O)NC(C)C(=O)O. The zero-order chi connectivity index (χ0) is 12.7. The highest BCUT2D eigenvalue weighted by atomic mass is 16.4. The predicted octanol–water partition coefficient (Wildman–Crippen LogP) is -0.587. The quantitative estimate of drug-likeness (QED) is 0.488. The Kier molecular flexibility index (Phi) is 5.91. The minimum absolute atomic E-state index is 0.404. The van der Waals surface area contributed by atoms with E-state index in [-0.39, 0.29) is 0 Å². The molecular formula is C9H17N3O4. The third-order valence-electron chi connectivity index (χ3n) is 1.94. The molecule has 0 radical (unpaired) electrons. The van der Waals surface area contributed by atoms with Crippen LogP contribution in [0.25, 0.3) is 0 Å². The van der Waals surface area contributed by atoms with Gasteiger partial charge in [0.15, 0.2) is 0 Å². The third kappa shape index (κ3) is 5.18. The predicted molar refractivity (Wildman–Crippen MR) is 56.7 cm³/mol. The van der Waals surface area contributed by atoms with Gasteiger partial charge in [0.1, 0.15) is 12.1 Å². The van der Waals surface area contributed by atoms with Crippen LogP contribution in [0.15, 0.2) is 0 Å². The number of carbonyl (C=O) groups is 3. The van der Waals surface area contributed by atoms with Gasteiger partial charge in [0.2, 0.25) is 5.91 Å². The highest BCUT2D eigenvalue weighted by Crippen LogP contribution is 1.97. The smallest absolute Gasteiger partial charge is 0.325 e. The molecule has 0 aromatic heterocycles. The molecule has 0 heterocycles. The molecule has 0 rings (SSSR count). The normalized spacial score (nSPS) is 13.6.